The summed E-state index contributed by atoms with van der Waals surface area (Å²) in [6, 6.07) is 3.22. The Balaban J connectivity index is 1.93. The van der Waals surface area contributed by atoms with E-state index in [2.05, 4.69) is 0 Å². The van der Waals surface area contributed by atoms with Crippen LogP contribution in [0.2, 0.25) is 0 Å². The summed E-state index contributed by atoms with van der Waals surface area (Å²) in [6.45, 7) is 4.52. The van der Waals surface area contributed by atoms with E-state index < -0.39 is 10.0 Å². The third-order valence-corrected chi connectivity index (χ3v) is 5.63. The number of hydrogen-bond donors (Lipinski definition) is 0. The number of pyridine rings is 1. The lowest BCUT2D eigenvalue weighted by atomic mass is 10.2. The van der Waals surface area contributed by atoms with E-state index in [9.17, 15) is 13.2 Å². The van der Waals surface area contributed by atoms with E-state index in [1.54, 1.807) is 13.1 Å². The highest BCUT2D eigenvalue weighted by Gasteiger charge is 2.36. The van der Waals surface area contributed by atoms with Gasteiger partial charge < -0.3 is 9.30 Å². The molecule has 7 heteroatoms. The minimum Gasteiger partial charge on any atom is -0.487 e. The van der Waals surface area contributed by atoms with E-state index in [1.165, 1.54) is 14.9 Å². The van der Waals surface area contributed by atoms with Crippen molar-refractivity contribution < 1.29 is 13.2 Å². The van der Waals surface area contributed by atoms with Crippen LogP contribution in [0.4, 0.5) is 0 Å². The zero-order valence-electron chi connectivity index (χ0n) is 12.7. The fourth-order valence-corrected chi connectivity index (χ4v) is 3.85. The summed E-state index contributed by atoms with van der Waals surface area (Å²) in [5.41, 5.74) is 0.681. The van der Waals surface area contributed by atoms with Gasteiger partial charge in [-0.2, -0.15) is 4.31 Å². The molecule has 0 radical (unpaired) electrons. The molecule has 1 fully saturated rings. The van der Waals surface area contributed by atoms with Crippen molar-refractivity contribution in [1.29, 1.82) is 0 Å². The van der Waals surface area contributed by atoms with Crippen LogP contribution in [0.1, 0.15) is 25.5 Å². The van der Waals surface area contributed by atoms with Gasteiger partial charge in [-0.1, -0.05) is 13.3 Å². The molecule has 21 heavy (non-hydrogen) atoms. The molecule has 118 valence electrons. The molecule has 0 aliphatic carbocycles. The highest BCUT2D eigenvalue weighted by molar-refractivity contribution is 7.89. The molecule has 1 aromatic heterocycles. The quantitative estimate of drug-likeness (QED) is 0.782. The summed E-state index contributed by atoms with van der Waals surface area (Å²) >= 11 is 0. The molecule has 1 aliphatic heterocycles. The van der Waals surface area contributed by atoms with Crippen LogP contribution in [0, 0.1) is 6.92 Å². The predicted molar refractivity (Wildman–Crippen MR) is 81.1 cm³/mol. The fraction of sp³-hybridized carbons (Fsp3) is 0.643. The maximum absolute atomic E-state index is 11.9. The van der Waals surface area contributed by atoms with Crippen molar-refractivity contribution in [2.45, 2.75) is 32.8 Å². The van der Waals surface area contributed by atoms with Crippen LogP contribution in [0.15, 0.2) is 16.9 Å². The maximum atomic E-state index is 11.9. The summed E-state index contributed by atoms with van der Waals surface area (Å²) in [6.07, 6.45) is 1.37. The maximum Gasteiger partial charge on any atom is 0.254 e. The number of hydrogen-bond acceptors (Lipinski definition) is 4. The largest absolute Gasteiger partial charge is 0.487 e. The molecule has 0 aromatic carbocycles. The molecular weight excluding hydrogens is 292 g/mol. The fourth-order valence-electron chi connectivity index (χ4n) is 2.16. The second-order valence-corrected chi connectivity index (χ2v) is 7.54. The van der Waals surface area contributed by atoms with Crippen molar-refractivity contribution in [2.75, 3.05) is 18.8 Å². The average molecular weight is 314 g/mol. The van der Waals surface area contributed by atoms with Crippen LogP contribution in [-0.2, 0) is 17.1 Å². The SMILES string of the molecule is CCCCS(=O)(=O)N1CC(Oc2cc(C)n(C)c(=O)c2)C1. The Morgan fingerprint density at radius 2 is 2.00 bits per heavy atom. The molecule has 0 bridgehead atoms. The molecule has 0 saturated carbocycles. The number of unbranched alkanes of at least 4 members (excludes halogenated alkanes) is 1. The molecule has 2 heterocycles. The minimum absolute atomic E-state index is 0.128. The second kappa shape index (κ2) is 6.19. The molecule has 0 spiro atoms. The molecule has 1 aromatic rings. The van der Waals surface area contributed by atoms with E-state index in [-0.39, 0.29) is 17.4 Å². The van der Waals surface area contributed by atoms with Gasteiger partial charge in [-0.3, -0.25) is 4.79 Å². The van der Waals surface area contributed by atoms with Crippen LogP contribution in [0.25, 0.3) is 0 Å². The van der Waals surface area contributed by atoms with Gasteiger partial charge in [-0.25, -0.2) is 8.42 Å². The summed E-state index contributed by atoms with van der Waals surface area (Å²) in [4.78, 5) is 11.7. The van der Waals surface area contributed by atoms with Gasteiger partial charge in [0.25, 0.3) is 5.56 Å². The van der Waals surface area contributed by atoms with Crippen LogP contribution in [0.5, 0.6) is 5.75 Å². The Labute approximate surface area is 125 Å². The van der Waals surface area contributed by atoms with Crippen molar-refractivity contribution in [2.24, 2.45) is 7.05 Å². The normalized spacial score (nSPS) is 16.7. The zero-order chi connectivity index (χ0) is 15.6. The number of ether oxygens (including phenoxy) is 1. The van der Waals surface area contributed by atoms with E-state index in [0.717, 1.165) is 12.1 Å². The van der Waals surface area contributed by atoms with E-state index in [4.69, 9.17) is 4.74 Å². The first-order chi connectivity index (χ1) is 9.83. The smallest absolute Gasteiger partial charge is 0.254 e. The summed E-state index contributed by atoms with van der Waals surface area (Å²) in [5.74, 6) is 0.701. The molecule has 0 amide bonds. The molecule has 6 nitrogen and oxygen atoms in total. The first kappa shape index (κ1) is 16.0. The number of nitrogens with zero attached hydrogens (tertiary/aromatic N) is 2. The van der Waals surface area contributed by atoms with E-state index in [1.807, 2.05) is 13.8 Å². The van der Waals surface area contributed by atoms with Gasteiger partial charge in [0.05, 0.1) is 18.8 Å². The van der Waals surface area contributed by atoms with Gasteiger partial charge >= 0.3 is 0 Å². The Bertz CT molecular complexity index is 660. The first-order valence-electron chi connectivity index (χ1n) is 7.15. The lowest BCUT2D eigenvalue weighted by molar-refractivity contribution is 0.0759. The molecular formula is C14H22N2O4S. The Morgan fingerprint density at radius 1 is 1.33 bits per heavy atom. The molecule has 0 unspecified atom stereocenters. The minimum atomic E-state index is -3.15. The lowest BCUT2D eigenvalue weighted by Crippen LogP contribution is -2.56. The Morgan fingerprint density at radius 3 is 2.57 bits per heavy atom. The molecule has 0 atom stereocenters. The average Bonchev–Trinajstić information content (AvgIpc) is 2.37. The zero-order valence-corrected chi connectivity index (χ0v) is 13.5. The van der Waals surface area contributed by atoms with Crippen molar-refractivity contribution >= 4 is 10.0 Å². The predicted octanol–water partition coefficient (Wildman–Crippen LogP) is 0.887. The Hall–Kier alpha value is -1.34. The van der Waals surface area contributed by atoms with Crippen molar-refractivity contribution in [3.8, 4) is 5.75 Å². The van der Waals surface area contributed by atoms with Crippen molar-refractivity contribution in [1.82, 2.24) is 8.87 Å². The van der Waals surface area contributed by atoms with Gasteiger partial charge in [-0.15, -0.1) is 0 Å². The molecule has 0 N–H and O–H groups in total. The highest BCUT2D eigenvalue weighted by atomic mass is 32.2. The monoisotopic (exact) mass is 314 g/mol. The van der Waals surface area contributed by atoms with Gasteiger partial charge in [-0.05, 0) is 19.4 Å². The van der Waals surface area contributed by atoms with Gasteiger partial charge in [0.2, 0.25) is 10.0 Å². The van der Waals surface area contributed by atoms with Gasteiger partial charge in [0.1, 0.15) is 11.9 Å². The van der Waals surface area contributed by atoms with Crippen molar-refractivity contribution in [3.05, 3.63) is 28.2 Å². The van der Waals surface area contributed by atoms with E-state index in [0.29, 0.717) is 25.3 Å². The number of sulfonamides is 1. The van der Waals surface area contributed by atoms with Gasteiger partial charge in [0.15, 0.2) is 0 Å². The van der Waals surface area contributed by atoms with Crippen LogP contribution >= 0.6 is 0 Å². The van der Waals surface area contributed by atoms with Crippen molar-refractivity contribution in [3.63, 3.8) is 0 Å². The molecule has 2 rings (SSSR count). The summed E-state index contributed by atoms with van der Waals surface area (Å²) in [7, 11) is -1.45. The number of aromatic nitrogens is 1. The molecule has 1 saturated heterocycles. The van der Waals surface area contributed by atoms with Crippen LogP contribution in [-0.4, -0.2) is 42.2 Å². The van der Waals surface area contributed by atoms with Gasteiger partial charge in [0, 0.05) is 18.8 Å². The third kappa shape index (κ3) is 3.65. The number of aryl methyl sites for hydroxylation is 1. The molecule has 1 aliphatic rings. The third-order valence-electron chi connectivity index (χ3n) is 3.74. The van der Waals surface area contributed by atoms with E-state index >= 15 is 0 Å². The standard InChI is InChI=1S/C14H22N2O4S/c1-4-5-6-21(18,19)16-9-13(10-16)20-12-7-11(2)15(3)14(17)8-12/h7-8,13H,4-6,9-10H2,1-3H3. The second-order valence-electron chi connectivity index (χ2n) is 5.46. The number of rotatable bonds is 6. The topological polar surface area (TPSA) is 68.6 Å². The summed E-state index contributed by atoms with van der Waals surface area (Å²) in [5, 5.41) is 0. The van der Waals surface area contributed by atoms with Crippen LogP contribution in [0.3, 0.4) is 0 Å². The lowest BCUT2D eigenvalue weighted by Gasteiger charge is -2.37. The van der Waals surface area contributed by atoms with Crippen LogP contribution < -0.4 is 10.3 Å². The summed E-state index contributed by atoms with van der Waals surface area (Å²) < 4.78 is 32.5. The Kier molecular flexibility index (Phi) is 4.73. The highest BCUT2D eigenvalue weighted by Crippen LogP contribution is 2.21. The first-order valence-corrected chi connectivity index (χ1v) is 8.76.